The molecule has 0 spiro atoms. The van der Waals surface area contributed by atoms with Crippen LogP contribution >= 0.6 is 22.9 Å². The molecule has 0 aliphatic carbocycles. The Hall–Kier alpha value is -6.79. The summed E-state index contributed by atoms with van der Waals surface area (Å²) in [6, 6.07) is 18.7. The standard InChI is InChI=1S/C50H56ClN9O9S/c1-32-44(70-31-56-32)35-11-8-34(9-12-35)28-55-47(64)41-27-40(61)29-60(41)48(65)45(50(2,3)4)59-43(62)30-69-23-22-68-21-20-67-19-18-54-46(63)36-7-5-6-33(24-36)10-13-37-25-38(14-16-52-37)57-49(66)58-39-15-17-53-42(51)26-39/h5-9,11-12,14-17,24-26,31,40-41,45,61H,18-23,27-30H2,1-4H3,(H,54,63)(H,55,64)(H,59,62)(H2,52,53,57,58,66)/t40-,41+,45-/m1/s1. The van der Waals surface area contributed by atoms with Gasteiger partial charge in [0, 0.05) is 61.0 Å². The van der Waals surface area contributed by atoms with Crippen LogP contribution in [-0.2, 0) is 35.1 Å². The van der Waals surface area contributed by atoms with Crippen LogP contribution in [-0.4, -0.2) is 126 Å². The number of likely N-dealkylation sites (tertiary alicyclic amines) is 1. The number of aliphatic hydroxyl groups excluding tert-OH is 1. The van der Waals surface area contributed by atoms with Gasteiger partial charge in [-0.3, -0.25) is 19.2 Å². The first-order valence-electron chi connectivity index (χ1n) is 22.5. The minimum absolute atomic E-state index is 0.0351. The Balaban J connectivity index is 0.836. The summed E-state index contributed by atoms with van der Waals surface area (Å²) in [7, 11) is 0. The number of ether oxygens (including phenoxy) is 3. The molecule has 18 nitrogen and oxygen atoms in total. The molecule has 6 N–H and O–H groups in total. The van der Waals surface area contributed by atoms with Gasteiger partial charge in [0.2, 0.25) is 17.7 Å². The molecule has 0 radical (unpaired) electrons. The Morgan fingerprint density at radius 3 is 2.26 bits per heavy atom. The lowest BCUT2D eigenvalue weighted by Crippen LogP contribution is -2.58. The molecule has 20 heteroatoms. The number of rotatable bonds is 20. The summed E-state index contributed by atoms with van der Waals surface area (Å²) >= 11 is 7.44. The van der Waals surface area contributed by atoms with Crippen LogP contribution in [0.1, 0.15) is 60.1 Å². The van der Waals surface area contributed by atoms with E-state index in [2.05, 4.69) is 53.4 Å². The number of nitrogens with one attached hydrogen (secondary N) is 5. The SMILES string of the molecule is Cc1ncsc1-c1ccc(CNC(=O)[C@@H]2C[C@@H](O)CN2C(=O)[C@@H](NC(=O)COCCOCCOCCNC(=O)c2cccc(C#Cc3cc(NC(=O)Nc4ccnc(Cl)c4)ccn3)c2)C(C)(C)C)cc1. The average Bonchev–Trinajstić information content (AvgIpc) is 3.95. The second kappa shape index (κ2) is 25.7. The number of thiazole rings is 1. The highest BCUT2D eigenvalue weighted by molar-refractivity contribution is 7.13. The molecule has 3 aromatic heterocycles. The molecule has 3 atom stereocenters. The largest absolute Gasteiger partial charge is 0.391 e. The number of β-amino-alcohol motifs (C(OH)–C–C–N with tert-alkyl or cyclic N) is 1. The van der Waals surface area contributed by atoms with Crippen molar-refractivity contribution in [3.63, 3.8) is 0 Å². The molecule has 6 amide bonds. The molecule has 1 aliphatic heterocycles. The van der Waals surface area contributed by atoms with Crippen molar-refractivity contribution >= 4 is 64.0 Å². The number of urea groups is 1. The number of aliphatic hydroxyl groups is 1. The third-order valence-corrected chi connectivity index (χ3v) is 11.9. The van der Waals surface area contributed by atoms with Crippen LogP contribution in [0.3, 0.4) is 0 Å². The molecule has 4 heterocycles. The Kier molecular flexibility index (Phi) is 19.3. The van der Waals surface area contributed by atoms with E-state index < -0.39 is 41.4 Å². The van der Waals surface area contributed by atoms with E-state index in [1.165, 1.54) is 23.4 Å². The molecule has 70 heavy (non-hydrogen) atoms. The molecule has 0 saturated carbocycles. The first-order chi connectivity index (χ1) is 33.6. The molecule has 0 bridgehead atoms. The maximum Gasteiger partial charge on any atom is 0.323 e. The van der Waals surface area contributed by atoms with Crippen molar-refractivity contribution in [1.82, 2.24) is 35.8 Å². The Morgan fingerprint density at radius 1 is 0.857 bits per heavy atom. The third-order valence-electron chi connectivity index (χ3n) is 10.7. The Bertz CT molecular complexity index is 2670. The maximum absolute atomic E-state index is 13.9. The maximum atomic E-state index is 13.9. The van der Waals surface area contributed by atoms with Crippen molar-refractivity contribution in [1.29, 1.82) is 0 Å². The fourth-order valence-corrected chi connectivity index (χ4v) is 8.14. The van der Waals surface area contributed by atoms with Gasteiger partial charge >= 0.3 is 6.03 Å². The van der Waals surface area contributed by atoms with E-state index in [0.29, 0.717) is 28.2 Å². The number of pyridine rings is 2. The third kappa shape index (κ3) is 16.2. The van der Waals surface area contributed by atoms with Gasteiger partial charge < -0.3 is 50.8 Å². The number of aromatic nitrogens is 3. The van der Waals surface area contributed by atoms with Crippen molar-refractivity contribution in [2.75, 3.05) is 63.4 Å². The molecule has 1 saturated heterocycles. The summed E-state index contributed by atoms with van der Waals surface area (Å²) < 4.78 is 16.6. The first kappa shape index (κ1) is 52.6. The van der Waals surface area contributed by atoms with E-state index in [0.717, 1.165) is 21.7 Å². The Morgan fingerprint density at radius 2 is 1.56 bits per heavy atom. The van der Waals surface area contributed by atoms with Crippen LogP contribution in [0.2, 0.25) is 5.15 Å². The average molecular weight is 995 g/mol. The molecule has 368 valence electrons. The molecular weight excluding hydrogens is 938 g/mol. The molecule has 2 aromatic carbocycles. The van der Waals surface area contributed by atoms with Crippen LogP contribution in [0.25, 0.3) is 10.4 Å². The summed E-state index contributed by atoms with van der Waals surface area (Å²) in [5, 5.41) is 24.7. The number of hydrogen-bond donors (Lipinski definition) is 6. The lowest BCUT2D eigenvalue weighted by atomic mass is 9.85. The zero-order valence-electron chi connectivity index (χ0n) is 39.3. The second-order valence-corrected chi connectivity index (χ2v) is 18.4. The predicted octanol–water partition coefficient (Wildman–Crippen LogP) is 5.19. The fraction of sp³-hybridized carbons (Fsp3) is 0.360. The van der Waals surface area contributed by atoms with E-state index in [1.807, 2.05) is 52.0 Å². The normalized spacial score (nSPS) is 14.7. The van der Waals surface area contributed by atoms with Gasteiger partial charge in [-0.2, -0.15) is 0 Å². The summed E-state index contributed by atoms with van der Waals surface area (Å²) in [4.78, 5) is 80.4. The number of carbonyl (C=O) groups excluding carboxylic acids is 5. The van der Waals surface area contributed by atoms with Crippen LogP contribution in [0.15, 0.2) is 90.7 Å². The van der Waals surface area contributed by atoms with E-state index in [-0.39, 0.29) is 82.7 Å². The summed E-state index contributed by atoms with van der Waals surface area (Å²) in [6.07, 6.45) is 2.19. The van der Waals surface area contributed by atoms with Crippen LogP contribution < -0.4 is 26.6 Å². The van der Waals surface area contributed by atoms with Gasteiger partial charge in [-0.05, 0) is 71.9 Å². The summed E-state index contributed by atoms with van der Waals surface area (Å²) in [5.74, 6) is 4.28. The van der Waals surface area contributed by atoms with Crippen molar-refractivity contribution in [3.8, 4) is 22.3 Å². The zero-order chi connectivity index (χ0) is 50.0. The lowest BCUT2D eigenvalue weighted by Gasteiger charge is -2.35. The quantitative estimate of drug-likeness (QED) is 0.0336. The number of benzene rings is 2. The van der Waals surface area contributed by atoms with Gasteiger partial charge in [-0.1, -0.05) is 68.6 Å². The molecule has 6 rings (SSSR count). The molecule has 0 unspecified atom stereocenters. The van der Waals surface area contributed by atoms with Gasteiger partial charge in [0.15, 0.2) is 0 Å². The monoisotopic (exact) mass is 993 g/mol. The van der Waals surface area contributed by atoms with Crippen molar-refractivity contribution in [2.24, 2.45) is 5.41 Å². The number of hydrogen-bond acceptors (Lipinski definition) is 13. The highest BCUT2D eigenvalue weighted by Crippen LogP contribution is 2.28. The van der Waals surface area contributed by atoms with Gasteiger partial charge in [0.25, 0.3) is 5.91 Å². The van der Waals surface area contributed by atoms with Crippen LogP contribution in [0.5, 0.6) is 0 Å². The number of aryl methyl sites for hydroxylation is 1. The van der Waals surface area contributed by atoms with Gasteiger partial charge in [-0.25, -0.2) is 19.7 Å². The smallest absolute Gasteiger partial charge is 0.323 e. The van der Waals surface area contributed by atoms with Crippen molar-refractivity contribution < 1.29 is 43.3 Å². The number of amides is 6. The van der Waals surface area contributed by atoms with Crippen LogP contribution in [0, 0.1) is 24.2 Å². The predicted molar refractivity (Wildman–Crippen MR) is 265 cm³/mol. The molecule has 1 fully saturated rings. The first-order valence-corrected chi connectivity index (χ1v) is 23.7. The van der Waals surface area contributed by atoms with Gasteiger partial charge in [0.1, 0.15) is 29.5 Å². The summed E-state index contributed by atoms with van der Waals surface area (Å²) in [5.41, 5.74) is 6.33. The van der Waals surface area contributed by atoms with Crippen LogP contribution in [0.4, 0.5) is 16.2 Å². The van der Waals surface area contributed by atoms with Crippen molar-refractivity contribution in [3.05, 3.63) is 124 Å². The topological polar surface area (TPSA) is 235 Å². The second-order valence-electron chi connectivity index (χ2n) is 17.2. The van der Waals surface area contributed by atoms with E-state index >= 15 is 0 Å². The molecule has 1 aliphatic rings. The highest BCUT2D eigenvalue weighted by Gasteiger charge is 2.44. The fourth-order valence-electron chi connectivity index (χ4n) is 7.15. The van der Waals surface area contributed by atoms with Crippen molar-refractivity contribution in [2.45, 2.75) is 58.8 Å². The molecular formula is C50H56ClN9O9S. The number of carbonyl (C=O) groups is 5. The Labute approximate surface area is 415 Å². The summed E-state index contributed by atoms with van der Waals surface area (Å²) in [6.45, 7) is 8.59. The van der Waals surface area contributed by atoms with E-state index in [4.69, 9.17) is 25.8 Å². The minimum atomic E-state index is -0.990. The van der Waals surface area contributed by atoms with Gasteiger partial charge in [0.05, 0.1) is 55.2 Å². The minimum Gasteiger partial charge on any atom is -0.391 e. The zero-order valence-corrected chi connectivity index (χ0v) is 40.8. The number of nitrogens with zero attached hydrogens (tertiary/aromatic N) is 4. The lowest BCUT2D eigenvalue weighted by molar-refractivity contribution is -0.144. The highest BCUT2D eigenvalue weighted by atomic mass is 35.5. The molecule has 5 aromatic rings. The number of anilines is 2. The number of halogens is 1. The van der Waals surface area contributed by atoms with E-state index in [1.54, 1.807) is 59.3 Å². The van der Waals surface area contributed by atoms with Gasteiger partial charge in [-0.15, -0.1) is 11.3 Å². The van der Waals surface area contributed by atoms with E-state index in [9.17, 15) is 29.1 Å².